The molecule has 4 N–H and O–H groups in total. The second kappa shape index (κ2) is 9.27. The zero-order chi connectivity index (χ0) is 24.4. The average molecular weight is 468 g/mol. The minimum atomic E-state index is -1.39. The third kappa shape index (κ3) is 4.55. The van der Waals surface area contributed by atoms with E-state index >= 15 is 0 Å². The number of Topliss-reactive ketones (excluding diaryl/α,β-unsaturated/α-hetero) is 2. The van der Waals surface area contributed by atoms with Crippen LogP contribution in [0.4, 0.5) is 5.69 Å². The van der Waals surface area contributed by atoms with Gasteiger partial charge in [-0.3, -0.25) is 14.4 Å². The SMILES string of the molecule is O=C(NCc1ccccc1)c1cccc(-c2cc(NC3C(=O)C(=O)C3O)cc(-c3nn[nH]n3)c2)c1. The lowest BCUT2D eigenvalue weighted by Crippen LogP contribution is -2.61. The maximum absolute atomic E-state index is 12.8. The number of aromatic nitrogens is 4. The fourth-order valence-electron chi connectivity index (χ4n) is 3.83. The summed E-state index contributed by atoms with van der Waals surface area (Å²) in [6.45, 7) is 0.405. The molecule has 0 saturated heterocycles. The van der Waals surface area contributed by atoms with Crippen molar-refractivity contribution in [1.29, 1.82) is 0 Å². The Bertz CT molecular complexity index is 1400. The first kappa shape index (κ1) is 22.1. The molecule has 1 saturated carbocycles. The van der Waals surface area contributed by atoms with Gasteiger partial charge in [-0.25, -0.2) is 0 Å². The molecule has 0 aliphatic heterocycles. The molecule has 2 unspecified atom stereocenters. The van der Waals surface area contributed by atoms with Crippen LogP contribution in [0.1, 0.15) is 15.9 Å². The largest absolute Gasteiger partial charge is 0.382 e. The molecule has 1 aliphatic carbocycles. The van der Waals surface area contributed by atoms with Gasteiger partial charge < -0.3 is 15.7 Å². The molecule has 1 aromatic heterocycles. The first-order chi connectivity index (χ1) is 17.0. The molecular formula is C25H20N6O4. The lowest BCUT2D eigenvalue weighted by atomic mass is 9.85. The number of tetrazole rings is 1. The quantitative estimate of drug-likeness (QED) is 0.300. The van der Waals surface area contributed by atoms with Gasteiger partial charge in [0.05, 0.1) is 0 Å². The van der Waals surface area contributed by atoms with Gasteiger partial charge in [-0.15, -0.1) is 10.2 Å². The van der Waals surface area contributed by atoms with Crippen molar-refractivity contribution in [1.82, 2.24) is 25.9 Å². The summed E-state index contributed by atoms with van der Waals surface area (Å²) in [4.78, 5) is 36.1. The van der Waals surface area contributed by atoms with Crippen LogP contribution in [-0.2, 0) is 16.1 Å². The number of ketones is 2. The van der Waals surface area contributed by atoms with Crippen LogP contribution < -0.4 is 10.6 Å². The van der Waals surface area contributed by atoms with Crippen LogP contribution in [0.15, 0.2) is 72.8 Å². The van der Waals surface area contributed by atoms with E-state index in [0.717, 1.165) is 11.1 Å². The normalized spacial score (nSPS) is 17.1. The molecule has 174 valence electrons. The lowest BCUT2D eigenvalue weighted by molar-refractivity contribution is -0.152. The third-order valence-electron chi connectivity index (χ3n) is 5.72. The molecule has 0 bridgehead atoms. The van der Waals surface area contributed by atoms with Gasteiger partial charge in [-0.05, 0) is 52.2 Å². The molecule has 2 atom stereocenters. The van der Waals surface area contributed by atoms with Gasteiger partial charge in [0.2, 0.25) is 17.4 Å². The van der Waals surface area contributed by atoms with Crippen LogP contribution in [0.2, 0.25) is 0 Å². The molecular weight excluding hydrogens is 448 g/mol. The molecule has 35 heavy (non-hydrogen) atoms. The van der Waals surface area contributed by atoms with Crippen molar-refractivity contribution in [3.8, 4) is 22.5 Å². The Morgan fingerprint density at radius 2 is 1.71 bits per heavy atom. The van der Waals surface area contributed by atoms with Gasteiger partial charge in [-0.1, -0.05) is 42.5 Å². The van der Waals surface area contributed by atoms with Crippen molar-refractivity contribution < 1.29 is 19.5 Å². The van der Waals surface area contributed by atoms with Crippen LogP contribution in [0.3, 0.4) is 0 Å². The van der Waals surface area contributed by atoms with E-state index in [9.17, 15) is 19.5 Å². The van der Waals surface area contributed by atoms with Gasteiger partial charge >= 0.3 is 0 Å². The molecule has 10 nitrogen and oxygen atoms in total. The Balaban J connectivity index is 1.43. The Labute approximate surface area is 199 Å². The maximum Gasteiger partial charge on any atom is 0.251 e. The van der Waals surface area contributed by atoms with Crippen LogP contribution in [0.5, 0.6) is 0 Å². The van der Waals surface area contributed by atoms with Crippen molar-refractivity contribution in [2.24, 2.45) is 0 Å². The fourth-order valence-corrected chi connectivity index (χ4v) is 3.83. The van der Waals surface area contributed by atoms with Crippen LogP contribution in [-0.4, -0.2) is 55.4 Å². The maximum atomic E-state index is 12.8. The van der Waals surface area contributed by atoms with Crippen LogP contribution >= 0.6 is 0 Å². The molecule has 1 amide bonds. The second-order valence-electron chi connectivity index (χ2n) is 8.08. The summed E-state index contributed by atoms with van der Waals surface area (Å²) in [6.07, 6.45) is -1.39. The van der Waals surface area contributed by atoms with E-state index in [0.29, 0.717) is 34.7 Å². The highest BCUT2D eigenvalue weighted by molar-refractivity contribution is 6.49. The molecule has 1 aliphatic rings. The van der Waals surface area contributed by atoms with E-state index in [2.05, 4.69) is 31.3 Å². The molecule has 0 radical (unpaired) electrons. The topological polar surface area (TPSA) is 150 Å². The number of rotatable bonds is 7. The molecule has 1 heterocycles. The Kier molecular flexibility index (Phi) is 5.86. The minimum absolute atomic E-state index is 0.218. The number of aliphatic hydroxyl groups excluding tert-OH is 1. The number of nitrogens with zero attached hydrogens (tertiary/aromatic N) is 3. The number of hydrogen-bond acceptors (Lipinski definition) is 8. The van der Waals surface area contributed by atoms with E-state index in [1.165, 1.54) is 0 Å². The number of anilines is 1. The predicted molar refractivity (Wildman–Crippen MR) is 126 cm³/mol. The highest BCUT2D eigenvalue weighted by Crippen LogP contribution is 2.31. The van der Waals surface area contributed by atoms with E-state index in [1.54, 1.807) is 30.3 Å². The summed E-state index contributed by atoms with van der Waals surface area (Å²) in [5.41, 5.74) is 3.98. The van der Waals surface area contributed by atoms with Crippen molar-refractivity contribution in [2.45, 2.75) is 18.7 Å². The van der Waals surface area contributed by atoms with E-state index in [-0.39, 0.29) is 5.91 Å². The predicted octanol–water partition coefficient (Wildman–Crippen LogP) is 1.76. The smallest absolute Gasteiger partial charge is 0.251 e. The lowest BCUT2D eigenvalue weighted by Gasteiger charge is -2.30. The van der Waals surface area contributed by atoms with Crippen molar-refractivity contribution >= 4 is 23.2 Å². The van der Waals surface area contributed by atoms with Crippen molar-refractivity contribution in [3.63, 3.8) is 0 Å². The van der Waals surface area contributed by atoms with E-state index < -0.39 is 23.7 Å². The van der Waals surface area contributed by atoms with Crippen LogP contribution in [0, 0.1) is 0 Å². The summed E-state index contributed by atoms with van der Waals surface area (Å²) in [5.74, 6) is -1.39. The van der Waals surface area contributed by atoms with Gasteiger partial charge in [0.1, 0.15) is 12.1 Å². The molecule has 4 aromatic rings. The van der Waals surface area contributed by atoms with Crippen molar-refractivity contribution in [2.75, 3.05) is 5.32 Å². The Morgan fingerprint density at radius 3 is 2.46 bits per heavy atom. The average Bonchev–Trinajstić information content (AvgIpc) is 3.45. The van der Waals surface area contributed by atoms with Crippen molar-refractivity contribution in [3.05, 3.63) is 83.9 Å². The zero-order valence-corrected chi connectivity index (χ0v) is 18.3. The van der Waals surface area contributed by atoms with Crippen LogP contribution in [0.25, 0.3) is 22.5 Å². The summed E-state index contributed by atoms with van der Waals surface area (Å²) < 4.78 is 0. The number of amides is 1. The number of aliphatic hydroxyl groups is 1. The number of carbonyl (C=O) groups is 3. The first-order valence-electron chi connectivity index (χ1n) is 10.8. The summed E-state index contributed by atoms with van der Waals surface area (Å²) in [5, 5.41) is 29.7. The van der Waals surface area contributed by atoms with E-state index in [1.807, 2.05) is 42.5 Å². The summed E-state index contributed by atoms with van der Waals surface area (Å²) in [6, 6.07) is 21.0. The van der Waals surface area contributed by atoms with Gasteiger partial charge in [0, 0.05) is 23.4 Å². The number of H-pyrrole nitrogens is 1. The summed E-state index contributed by atoms with van der Waals surface area (Å²) >= 11 is 0. The zero-order valence-electron chi connectivity index (χ0n) is 18.3. The first-order valence-corrected chi connectivity index (χ1v) is 10.8. The second-order valence-corrected chi connectivity index (χ2v) is 8.08. The standard InChI is InChI=1S/C25H20N6O4/c32-21-20(22(33)23(21)34)27-19-11-17(10-18(12-19)24-28-30-31-29-24)15-7-4-8-16(9-15)25(35)26-13-14-5-2-1-3-6-14/h1-12,20-21,27,32H,13H2,(H,26,35)(H,28,29,30,31). The number of benzene rings is 3. The minimum Gasteiger partial charge on any atom is -0.382 e. The number of carbonyl (C=O) groups excluding carboxylic acids is 3. The van der Waals surface area contributed by atoms with Gasteiger partial charge in [-0.2, -0.15) is 5.21 Å². The number of hydrogen-bond donors (Lipinski definition) is 4. The molecule has 3 aromatic carbocycles. The molecule has 1 fully saturated rings. The fraction of sp³-hybridized carbons (Fsp3) is 0.120. The molecule has 10 heteroatoms. The summed E-state index contributed by atoms with van der Waals surface area (Å²) in [7, 11) is 0. The third-order valence-corrected chi connectivity index (χ3v) is 5.72. The highest BCUT2D eigenvalue weighted by atomic mass is 16.3. The van der Waals surface area contributed by atoms with Gasteiger partial charge in [0.15, 0.2) is 0 Å². The molecule has 0 spiro atoms. The number of aromatic amines is 1. The van der Waals surface area contributed by atoms with E-state index in [4.69, 9.17) is 0 Å². The number of nitrogens with one attached hydrogen (secondary N) is 3. The molecule has 5 rings (SSSR count). The Hall–Kier alpha value is -4.70. The van der Waals surface area contributed by atoms with Gasteiger partial charge in [0.25, 0.3) is 5.91 Å². The Morgan fingerprint density at radius 1 is 0.914 bits per heavy atom. The highest BCUT2D eigenvalue weighted by Gasteiger charge is 2.48. The monoisotopic (exact) mass is 468 g/mol.